The van der Waals surface area contributed by atoms with Crippen LogP contribution in [0.5, 0.6) is 0 Å². The third-order valence-corrected chi connectivity index (χ3v) is 5.39. The van der Waals surface area contributed by atoms with Crippen molar-refractivity contribution in [3.63, 3.8) is 0 Å². The first-order valence-electron chi connectivity index (χ1n) is 9.07. The number of aryl methyl sites for hydroxylation is 1. The van der Waals surface area contributed by atoms with E-state index < -0.39 is 6.03 Å². The quantitative estimate of drug-likeness (QED) is 0.829. The number of aromatic nitrogens is 2. The van der Waals surface area contributed by atoms with E-state index in [4.69, 9.17) is 0 Å². The summed E-state index contributed by atoms with van der Waals surface area (Å²) < 4.78 is 1.80. The minimum absolute atomic E-state index is 0. The van der Waals surface area contributed by atoms with Crippen LogP contribution in [-0.2, 0) is 11.8 Å². The number of halogens is 1. The first-order chi connectivity index (χ1) is 12.6. The molecular formula is C18H25ClN6O2. The Morgan fingerprint density at radius 2 is 1.93 bits per heavy atom. The van der Waals surface area contributed by atoms with Gasteiger partial charge in [-0.05, 0) is 38.1 Å². The summed E-state index contributed by atoms with van der Waals surface area (Å²) in [6.07, 6.45) is 2.56. The molecule has 9 heteroatoms. The highest BCUT2D eigenvalue weighted by Crippen LogP contribution is 2.31. The Balaban J connectivity index is 0.00000210. The Morgan fingerprint density at radius 3 is 2.59 bits per heavy atom. The molecule has 2 N–H and O–H groups in total. The Hall–Kier alpha value is -2.32. The zero-order valence-corrected chi connectivity index (χ0v) is 16.4. The summed E-state index contributed by atoms with van der Waals surface area (Å²) in [4.78, 5) is 27.5. The minimum Gasteiger partial charge on any atom is -0.371 e. The fourth-order valence-corrected chi connectivity index (χ4v) is 3.82. The topological polar surface area (TPSA) is 82.5 Å². The molecule has 0 radical (unpaired) electrons. The number of anilines is 2. The summed E-state index contributed by atoms with van der Waals surface area (Å²) >= 11 is 0. The van der Waals surface area contributed by atoms with Crippen LogP contribution in [0.2, 0.25) is 0 Å². The lowest BCUT2D eigenvalue weighted by atomic mass is 10.0. The largest absolute Gasteiger partial charge is 0.371 e. The van der Waals surface area contributed by atoms with E-state index in [1.54, 1.807) is 9.58 Å². The number of hydrogen-bond acceptors (Lipinski definition) is 5. The highest BCUT2D eigenvalue weighted by molar-refractivity contribution is 6.09. The summed E-state index contributed by atoms with van der Waals surface area (Å²) in [5.41, 5.74) is 2.16. The number of amides is 3. The molecule has 0 spiro atoms. The zero-order chi connectivity index (χ0) is 18.3. The van der Waals surface area contributed by atoms with Crippen molar-refractivity contribution in [2.45, 2.75) is 25.3 Å². The van der Waals surface area contributed by atoms with Crippen LogP contribution in [0, 0.1) is 0 Å². The maximum atomic E-state index is 12.2. The number of piperidine rings is 1. The summed E-state index contributed by atoms with van der Waals surface area (Å²) in [6.45, 7) is 2.41. The highest BCUT2D eigenvalue weighted by Gasteiger charge is 2.28. The average molecular weight is 393 g/mol. The van der Waals surface area contributed by atoms with Gasteiger partial charge in [0.2, 0.25) is 5.91 Å². The monoisotopic (exact) mass is 392 g/mol. The van der Waals surface area contributed by atoms with Gasteiger partial charge in [0.05, 0.1) is 5.52 Å². The van der Waals surface area contributed by atoms with Gasteiger partial charge in [-0.2, -0.15) is 5.10 Å². The minimum atomic E-state index is -0.403. The highest BCUT2D eigenvalue weighted by atomic mass is 35.5. The fraction of sp³-hybridized carbons (Fsp3) is 0.500. The summed E-state index contributed by atoms with van der Waals surface area (Å²) in [6, 6.07) is 6.46. The van der Waals surface area contributed by atoms with Crippen LogP contribution in [0.25, 0.3) is 10.9 Å². The number of nitrogens with one attached hydrogen (secondary N) is 2. The molecule has 0 saturated carbocycles. The van der Waals surface area contributed by atoms with Crippen LogP contribution in [-0.4, -0.2) is 54.4 Å². The van der Waals surface area contributed by atoms with E-state index in [2.05, 4.69) is 32.8 Å². The number of benzene rings is 1. The molecule has 3 heterocycles. The normalized spacial score (nSPS) is 18.6. The second kappa shape index (κ2) is 7.74. The summed E-state index contributed by atoms with van der Waals surface area (Å²) in [5.74, 6) is 0.367. The van der Waals surface area contributed by atoms with Crippen molar-refractivity contribution in [1.82, 2.24) is 20.4 Å². The van der Waals surface area contributed by atoms with Crippen molar-refractivity contribution < 1.29 is 9.59 Å². The fourth-order valence-electron chi connectivity index (χ4n) is 3.82. The Kier molecular flexibility index (Phi) is 5.57. The molecule has 0 unspecified atom stereocenters. The Labute approximate surface area is 164 Å². The van der Waals surface area contributed by atoms with E-state index in [9.17, 15) is 9.59 Å². The van der Waals surface area contributed by atoms with E-state index in [-0.39, 0.29) is 18.3 Å². The molecule has 8 nitrogen and oxygen atoms in total. The lowest BCUT2D eigenvalue weighted by Gasteiger charge is -2.33. The third kappa shape index (κ3) is 3.59. The predicted molar refractivity (Wildman–Crippen MR) is 108 cm³/mol. The van der Waals surface area contributed by atoms with Crippen molar-refractivity contribution in [3.05, 3.63) is 18.2 Å². The van der Waals surface area contributed by atoms with Crippen LogP contribution in [0.4, 0.5) is 16.3 Å². The molecule has 4 rings (SSSR count). The zero-order valence-electron chi connectivity index (χ0n) is 15.6. The average Bonchev–Trinajstić information content (AvgIpc) is 2.98. The van der Waals surface area contributed by atoms with Crippen LogP contribution in [0.15, 0.2) is 18.2 Å². The number of carbonyl (C=O) groups is 2. The van der Waals surface area contributed by atoms with Crippen LogP contribution < -0.4 is 20.4 Å². The van der Waals surface area contributed by atoms with Gasteiger partial charge >= 0.3 is 6.03 Å². The molecule has 1 aromatic heterocycles. The maximum absolute atomic E-state index is 12.2. The molecule has 3 amide bonds. The maximum Gasteiger partial charge on any atom is 0.329 e. The number of nitrogens with zero attached hydrogens (tertiary/aromatic N) is 4. The number of carbonyl (C=O) groups excluding carboxylic acids is 2. The van der Waals surface area contributed by atoms with Gasteiger partial charge in [-0.1, -0.05) is 0 Å². The smallest absolute Gasteiger partial charge is 0.329 e. The summed E-state index contributed by atoms with van der Waals surface area (Å²) in [5, 5.41) is 11.2. The summed E-state index contributed by atoms with van der Waals surface area (Å²) in [7, 11) is 3.91. The van der Waals surface area contributed by atoms with Gasteiger partial charge < -0.3 is 10.2 Å². The number of hydrogen-bond donors (Lipinski definition) is 2. The van der Waals surface area contributed by atoms with Crippen LogP contribution >= 0.6 is 12.4 Å². The first kappa shape index (κ1) is 19.4. The molecule has 2 aliphatic rings. The molecule has 2 aliphatic heterocycles. The molecule has 0 atom stereocenters. The van der Waals surface area contributed by atoms with Crippen LogP contribution in [0.3, 0.4) is 0 Å². The molecule has 2 fully saturated rings. The molecule has 146 valence electrons. The number of imide groups is 1. The molecule has 0 aliphatic carbocycles. The standard InChI is InChI=1S/C18H24N6O2.ClH/c1-19-12-5-8-23(9-6-12)13-3-4-14-15(11-13)22(2)21-17(14)24-10-7-16(25)20-18(24)26;/h3-4,11-12,19H,5-10H2,1-2H3,(H,20,25,26);1H. The second-order valence-corrected chi connectivity index (χ2v) is 6.95. The van der Waals surface area contributed by atoms with Gasteiger partial charge in [-0.15, -0.1) is 12.4 Å². The van der Waals surface area contributed by atoms with Gasteiger partial charge in [0.15, 0.2) is 5.82 Å². The van der Waals surface area contributed by atoms with Crippen molar-refractivity contribution in [3.8, 4) is 0 Å². The van der Waals surface area contributed by atoms with E-state index >= 15 is 0 Å². The van der Waals surface area contributed by atoms with E-state index in [1.165, 1.54) is 5.69 Å². The first-order valence-corrected chi connectivity index (χ1v) is 9.07. The van der Waals surface area contributed by atoms with E-state index in [1.807, 2.05) is 20.2 Å². The molecular weight excluding hydrogens is 368 g/mol. The van der Waals surface area contributed by atoms with Crippen molar-refractivity contribution in [2.75, 3.05) is 36.5 Å². The van der Waals surface area contributed by atoms with E-state index in [0.717, 1.165) is 36.8 Å². The van der Waals surface area contributed by atoms with Crippen molar-refractivity contribution in [2.24, 2.45) is 7.05 Å². The van der Waals surface area contributed by atoms with Crippen molar-refractivity contribution in [1.29, 1.82) is 0 Å². The van der Waals surface area contributed by atoms with E-state index in [0.29, 0.717) is 24.8 Å². The van der Waals surface area contributed by atoms with Gasteiger partial charge in [-0.25, -0.2) is 4.79 Å². The van der Waals surface area contributed by atoms with Gasteiger partial charge in [0.1, 0.15) is 0 Å². The Morgan fingerprint density at radius 1 is 1.19 bits per heavy atom. The lowest BCUT2D eigenvalue weighted by Crippen LogP contribution is -2.49. The van der Waals surface area contributed by atoms with Gasteiger partial charge in [0, 0.05) is 50.2 Å². The predicted octanol–water partition coefficient (Wildman–Crippen LogP) is 1.63. The third-order valence-electron chi connectivity index (χ3n) is 5.39. The number of rotatable bonds is 3. The molecule has 1 aromatic carbocycles. The van der Waals surface area contributed by atoms with Gasteiger partial charge in [0.25, 0.3) is 0 Å². The SMILES string of the molecule is CNC1CCN(c2ccc3c(N4CCC(=O)NC4=O)nn(C)c3c2)CC1.Cl. The number of urea groups is 1. The van der Waals surface area contributed by atoms with Crippen molar-refractivity contribution >= 4 is 46.8 Å². The Bertz CT molecular complexity index is 859. The lowest BCUT2D eigenvalue weighted by molar-refractivity contribution is -0.120. The van der Waals surface area contributed by atoms with Gasteiger partial charge in [-0.3, -0.25) is 19.7 Å². The molecule has 2 aromatic rings. The molecule has 27 heavy (non-hydrogen) atoms. The van der Waals surface area contributed by atoms with Crippen LogP contribution in [0.1, 0.15) is 19.3 Å². The second-order valence-electron chi connectivity index (χ2n) is 6.95. The molecule has 2 saturated heterocycles. The molecule has 0 bridgehead atoms. The number of fused-ring (bicyclic) bond motifs is 1.